The molecular weight excluding hydrogens is 288 g/mol. The number of esters is 1. The van der Waals surface area contributed by atoms with Crippen LogP contribution in [-0.2, 0) is 11.2 Å². The average Bonchev–Trinajstić information content (AvgIpc) is 2.57. The summed E-state index contributed by atoms with van der Waals surface area (Å²) < 4.78 is 6.03. The highest BCUT2D eigenvalue weighted by Gasteiger charge is 2.16. The topological polar surface area (TPSA) is 26.3 Å². The van der Waals surface area contributed by atoms with Crippen LogP contribution in [0.4, 0.5) is 0 Å². The van der Waals surface area contributed by atoms with Gasteiger partial charge in [0.15, 0.2) is 0 Å². The van der Waals surface area contributed by atoms with E-state index in [9.17, 15) is 4.79 Å². The van der Waals surface area contributed by atoms with E-state index >= 15 is 0 Å². The third kappa shape index (κ3) is 3.91. The molecule has 0 spiro atoms. The van der Waals surface area contributed by atoms with Crippen molar-refractivity contribution in [3.05, 3.63) is 20.3 Å². The van der Waals surface area contributed by atoms with Gasteiger partial charge in [-0.2, -0.15) is 0 Å². The molecule has 0 radical (unpaired) electrons. The van der Waals surface area contributed by atoms with Crippen molar-refractivity contribution in [2.45, 2.75) is 33.6 Å². The Balaban J connectivity index is 2.78. The summed E-state index contributed by atoms with van der Waals surface area (Å²) in [5.74, 6) is 0.450. The molecule has 0 unspecified atom stereocenters. The van der Waals surface area contributed by atoms with Crippen molar-refractivity contribution >= 4 is 33.2 Å². The second-order valence-corrected chi connectivity index (χ2v) is 6.49. The van der Waals surface area contributed by atoms with Crippen molar-refractivity contribution in [2.24, 2.45) is 5.92 Å². The normalized spacial score (nSPS) is 10.8. The van der Waals surface area contributed by atoms with Gasteiger partial charge >= 0.3 is 5.97 Å². The molecule has 0 bridgehead atoms. The van der Waals surface area contributed by atoms with Crippen LogP contribution in [0.2, 0.25) is 0 Å². The predicted octanol–water partition coefficient (Wildman–Crippen LogP) is 4.28. The molecule has 1 heterocycles. The largest absolute Gasteiger partial charge is 0.462 e. The lowest BCUT2D eigenvalue weighted by atomic mass is 10.0. The van der Waals surface area contributed by atoms with Gasteiger partial charge in [-0.05, 0) is 53.2 Å². The second kappa shape index (κ2) is 6.40. The second-order valence-electron chi connectivity index (χ2n) is 4.06. The lowest BCUT2D eigenvalue weighted by Gasteiger charge is -2.05. The van der Waals surface area contributed by atoms with Gasteiger partial charge in [0.25, 0.3) is 0 Å². The van der Waals surface area contributed by atoms with E-state index in [4.69, 9.17) is 4.74 Å². The number of carbonyl (C=O) groups is 1. The van der Waals surface area contributed by atoms with Crippen LogP contribution < -0.4 is 0 Å². The van der Waals surface area contributed by atoms with E-state index in [1.54, 1.807) is 0 Å². The molecular formula is C12H17BrO2S. The fourth-order valence-electron chi connectivity index (χ4n) is 1.39. The lowest BCUT2D eigenvalue weighted by Crippen LogP contribution is -2.05. The Bertz CT molecular complexity index is 358. The molecule has 1 rings (SSSR count). The summed E-state index contributed by atoms with van der Waals surface area (Å²) in [5, 5.41) is 0. The highest BCUT2D eigenvalue weighted by atomic mass is 79.9. The molecule has 0 saturated heterocycles. The van der Waals surface area contributed by atoms with Crippen molar-refractivity contribution in [1.82, 2.24) is 0 Å². The number of aryl methyl sites for hydroxylation is 1. The molecule has 0 saturated carbocycles. The molecule has 0 fully saturated rings. The molecule has 0 amide bonds. The number of hydrogen-bond acceptors (Lipinski definition) is 3. The van der Waals surface area contributed by atoms with Crippen LogP contribution in [0.25, 0.3) is 0 Å². The minimum absolute atomic E-state index is 0.197. The van der Waals surface area contributed by atoms with Crippen LogP contribution >= 0.6 is 27.3 Å². The Morgan fingerprint density at radius 3 is 2.81 bits per heavy atom. The van der Waals surface area contributed by atoms with Crippen molar-refractivity contribution in [1.29, 1.82) is 0 Å². The Labute approximate surface area is 109 Å². The van der Waals surface area contributed by atoms with Gasteiger partial charge in [-0.15, -0.1) is 11.3 Å². The van der Waals surface area contributed by atoms with Gasteiger partial charge < -0.3 is 4.74 Å². The van der Waals surface area contributed by atoms with E-state index < -0.39 is 0 Å². The SMILES string of the molecule is CCOC(=O)c1sc(Br)cc1CCC(C)C. The van der Waals surface area contributed by atoms with Crippen molar-refractivity contribution in [3.63, 3.8) is 0 Å². The van der Waals surface area contributed by atoms with Crippen LogP contribution in [0, 0.1) is 5.92 Å². The fourth-order valence-corrected chi connectivity index (χ4v) is 2.99. The van der Waals surface area contributed by atoms with E-state index in [0.717, 1.165) is 27.1 Å². The van der Waals surface area contributed by atoms with Gasteiger partial charge in [0, 0.05) is 0 Å². The summed E-state index contributed by atoms with van der Waals surface area (Å²) in [6.07, 6.45) is 2.03. The van der Waals surface area contributed by atoms with Gasteiger partial charge in [-0.1, -0.05) is 13.8 Å². The summed E-state index contributed by atoms with van der Waals surface area (Å²) in [4.78, 5) is 12.4. The number of ether oxygens (including phenoxy) is 1. The maximum atomic E-state index is 11.7. The molecule has 4 heteroatoms. The molecule has 90 valence electrons. The van der Waals surface area contributed by atoms with Gasteiger partial charge in [-0.25, -0.2) is 4.79 Å². The van der Waals surface area contributed by atoms with Crippen LogP contribution in [0.15, 0.2) is 9.85 Å². The molecule has 0 aromatic carbocycles. The lowest BCUT2D eigenvalue weighted by molar-refractivity contribution is 0.0531. The molecule has 16 heavy (non-hydrogen) atoms. The van der Waals surface area contributed by atoms with Gasteiger partial charge in [0.05, 0.1) is 10.4 Å². The zero-order valence-corrected chi connectivity index (χ0v) is 12.3. The first-order valence-electron chi connectivity index (χ1n) is 5.50. The standard InChI is InChI=1S/C12H17BrO2S/c1-4-15-12(14)11-9(6-5-8(2)3)7-10(13)16-11/h7-8H,4-6H2,1-3H3. The Morgan fingerprint density at radius 1 is 1.56 bits per heavy atom. The molecule has 0 atom stereocenters. The predicted molar refractivity (Wildman–Crippen MR) is 71.1 cm³/mol. The number of halogens is 1. The monoisotopic (exact) mass is 304 g/mol. The first-order chi connectivity index (χ1) is 7.54. The minimum Gasteiger partial charge on any atom is -0.462 e. The summed E-state index contributed by atoms with van der Waals surface area (Å²) >= 11 is 4.88. The third-order valence-electron chi connectivity index (χ3n) is 2.23. The number of thiophene rings is 1. The number of rotatable bonds is 5. The minimum atomic E-state index is -0.197. The molecule has 2 nitrogen and oxygen atoms in total. The zero-order valence-electron chi connectivity index (χ0n) is 9.88. The Morgan fingerprint density at radius 2 is 2.25 bits per heavy atom. The van der Waals surface area contributed by atoms with Gasteiger partial charge in [-0.3, -0.25) is 0 Å². The quantitative estimate of drug-likeness (QED) is 0.759. The van der Waals surface area contributed by atoms with E-state index in [1.807, 2.05) is 13.0 Å². The van der Waals surface area contributed by atoms with Crippen LogP contribution in [0.1, 0.15) is 42.4 Å². The maximum absolute atomic E-state index is 11.7. The fraction of sp³-hybridized carbons (Fsp3) is 0.583. The van der Waals surface area contributed by atoms with Gasteiger partial charge in [0.2, 0.25) is 0 Å². The Hall–Kier alpha value is -0.350. The van der Waals surface area contributed by atoms with Gasteiger partial charge in [0.1, 0.15) is 4.88 Å². The zero-order chi connectivity index (χ0) is 12.1. The molecule has 0 aliphatic rings. The van der Waals surface area contributed by atoms with Crippen LogP contribution in [-0.4, -0.2) is 12.6 Å². The smallest absolute Gasteiger partial charge is 0.348 e. The number of carbonyl (C=O) groups excluding carboxylic acids is 1. The van der Waals surface area contributed by atoms with Crippen molar-refractivity contribution < 1.29 is 9.53 Å². The molecule has 0 aliphatic heterocycles. The molecule has 0 aliphatic carbocycles. The molecule has 1 aromatic heterocycles. The maximum Gasteiger partial charge on any atom is 0.348 e. The van der Waals surface area contributed by atoms with E-state index in [-0.39, 0.29) is 5.97 Å². The van der Waals surface area contributed by atoms with Crippen molar-refractivity contribution in [3.8, 4) is 0 Å². The van der Waals surface area contributed by atoms with Crippen LogP contribution in [0.3, 0.4) is 0 Å². The highest BCUT2D eigenvalue weighted by molar-refractivity contribution is 9.11. The summed E-state index contributed by atoms with van der Waals surface area (Å²) in [6, 6.07) is 2.03. The Kier molecular flexibility index (Phi) is 5.49. The highest BCUT2D eigenvalue weighted by Crippen LogP contribution is 2.29. The number of hydrogen-bond donors (Lipinski definition) is 0. The van der Waals surface area contributed by atoms with Crippen LogP contribution in [0.5, 0.6) is 0 Å². The third-order valence-corrected chi connectivity index (χ3v) is 3.89. The molecule has 0 N–H and O–H groups in total. The van der Waals surface area contributed by atoms with E-state index in [2.05, 4.69) is 29.8 Å². The molecule has 1 aromatic rings. The summed E-state index contributed by atoms with van der Waals surface area (Å²) in [6.45, 7) is 6.63. The van der Waals surface area contributed by atoms with E-state index in [0.29, 0.717) is 12.5 Å². The average molecular weight is 305 g/mol. The first-order valence-corrected chi connectivity index (χ1v) is 7.10. The summed E-state index contributed by atoms with van der Waals surface area (Å²) in [7, 11) is 0. The van der Waals surface area contributed by atoms with Crippen molar-refractivity contribution in [2.75, 3.05) is 6.61 Å². The first kappa shape index (κ1) is 13.7. The summed E-state index contributed by atoms with van der Waals surface area (Å²) in [5.41, 5.74) is 1.10. The van der Waals surface area contributed by atoms with E-state index in [1.165, 1.54) is 11.3 Å².